The van der Waals surface area contributed by atoms with Gasteiger partial charge in [-0.3, -0.25) is 0 Å². The molecule has 2 rings (SSSR count). The summed E-state index contributed by atoms with van der Waals surface area (Å²) in [6.45, 7) is 2.82. The fraction of sp³-hybridized carbons (Fsp3) is 0.455. The number of nitrogens with zero attached hydrogens (tertiary/aromatic N) is 1. The highest BCUT2D eigenvalue weighted by atomic mass is 15.2. The van der Waals surface area contributed by atoms with Crippen molar-refractivity contribution in [3.63, 3.8) is 0 Å². The number of nitrogens with two attached hydrogens (primary N) is 1. The van der Waals surface area contributed by atoms with Gasteiger partial charge in [0.25, 0.3) is 0 Å². The Kier molecular flexibility index (Phi) is 2.00. The minimum Gasteiger partial charge on any atom is -0.371 e. The molecule has 2 nitrogen and oxygen atoms in total. The molecule has 2 N–H and O–H groups in total. The third kappa shape index (κ3) is 1.22. The molecule has 2 heteroatoms. The summed E-state index contributed by atoms with van der Waals surface area (Å²) in [5, 5.41) is 0. The highest BCUT2D eigenvalue weighted by Crippen LogP contribution is 2.33. The van der Waals surface area contributed by atoms with Crippen LogP contribution in [0.25, 0.3) is 0 Å². The number of rotatable bonds is 1. The molecule has 1 aliphatic carbocycles. The Morgan fingerprint density at radius 2 is 2.31 bits per heavy atom. The molecule has 1 heterocycles. The average molecular weight is 176 g/mol. The van der Waals surface area contributed by atoms with Crippen LogP contribution in [-0.4, -0.2) is 24.5 Å². The van der Waals surface area contributed by atoms with Crippen molar-refractivity contribution in [1.29, 1.82) is 0 Å². The molecule has 1 aliphatic heterocycles. The number of hydrogen-bond donors (Lipinski definition) is 1. The van der Waals surface area contributed by atoms with Gasteiger partial charge in [0.15, 0.2) is 0 Å². The van der Waals surface area contributed by atoms with Crippen LogP contribution in [0.2, 0.25) is 0 Å². The molecule has 0 saturated heterocycles. The van der Waals surface area contributed by atoms with E-state index in [1.807, 2.05) is 0 Å². The van der Waals surface area contributed by atoms with Crippen molar-refractivity contribution in [2.75, 3.05) is 13.6 Å². The molecule has 13 heavy (non-hydrogen) atoms. The smallest absolute Gasteiger partial charge is 0.0571 e. The van der Waals surface area contributed by atoms with E-state index in [0.29, 0.717) is 18.5 Å². The van der Waals surface area contributed by atoms with E-state index in [-0.39, 0.29) is 0 Å². The lowest BCUT2D eigenvalue weighted by Crippen LogP contribution is -2.32. The van der Waals surface area contributed by atoms with Gasteiger partial charge in [0.2, 0.25) is 0 Å². The molecule has 0 aromatic rings. The maximum atomic E-state index is 5.70. The quantitative estimate of drug-likeness (QED) is 0.652. The van der Waals surface area contributed by atoms with Crippen molar-refractivity contribution in [1.82, 2.24) is 4.90 Å². The second-order valence-electron chi connectivity index (χ2n) is 3.77. The van der Waals surface area contributed by atoms with Crippen LogP contribution in [0.1, 0.15) is 6.92 Å². The third-order valence-corrected chi connectivity index (χ3v) is 3.07. The molecule has 2 atom stereocenters. The van der Waals surface area contributed by atoms with E-state index in [9.17, 15) is 0 Å². The maximum absolute atomic E-state index is 5.70. The van der Waals surface area contributed by atoms with Gasteiger partial charge in [-0.15, -0.1) is 0 Å². The summed E-state index contributed by atoms with van der Waals surface area (Å²) in [6.07, 6.45) is 8.82. The van der Waals surface area contributed by atoms with E-state index in [2.05, 4.69) is 43.2 Å². The summed E-state index contributed by atoms with van der Waals surface area (Å²) in [5.74, 6) is 0.514. The van der Waals surface area contributed by atoms with E-state index in [4.69, 9.17) is 5.73 Å². The lowest BCUT2D eigenvalue weighted by atomic mass is 9.89. The van der Waals surface area contributed by atoms with Crippen LogP contribution >= 0.6 is 0 Å². The molecule has 0 aromatic carbocycles. The van der Waals surface area contributed by atoms with Crippen LogP contribution < -0.4 is 5.73 Å². The van der Waals surface area contributed by atoms with Crippen LogP contribution in [-0.2, 0) is 0 Å². The highest BCUT2D eigenvalue weighted by Gasteiger charge is 2.31. The van der Waals surface area contributed by atoms with Gasteiger partial charge < -0.3 is 10.6 Å². The minimum atomic E-state index is 0.503. The Hall–Kier alpha value is -1.02. The Balaban J connectivity index is 2.31. The fourth-order valence-corrected chi connectivity index (χ4v) is 2.14. The van der Waals surface area contributed by atoms with Gasteiger partial charge in [-0.05, 0) is 12.5 Å². The molecular formula is C11H16N2. The summed E-state index contributed by atoms with van der Waals surface area (Å²) in [6, 6.07) is 0.503. The zero-order valence-corrected chi connectivity index (χ0v) is 8.20. The van der Waals surface area contributed by atoms with Crippen LogP contribution in [0, 0.1) is 5.92 Å². The number of hydrogen-bond acceptors (Lipinski definition) is 2. The van der Waals surface area contributed by atoms with Crippen molar-refractivity contribution in [2.24, 2.45) is 11.7 Å². The Morgan fingerprint density at radius 3 is 3.00 bits per heavy atom. The first-order chi connectivity index (χ1) is 6.24. The van der Waals surface area contributed by atoms with Crippen LogP contribution in [0.3, 0.4) is 0 Å². The van der Waals surface area contributed by atoms with E-state index in [0.717, 1.165) is 0 Å². The Morgan fingerprint density at radius 1 is 1.54 bits per heavy atom. The standard InChI is InChI=1S/C11H16N2/c1-8-6-10-9(7-12)4-3-5-11(10)13(8)2/h3-6,10-11H,7,12H2,1-2H3. The molecule has 70 valence electrons. The topological polar surface area (TPSA) is 29.3 Å². The largest absolute Gasteiger partial charge is 0.371 e. The Labute approximate surface area is 79.4 Å². The Bertz CT molecular complexity index is 299. The number of likely N-dealkylation sites (N-methyl/N-ethyl adjacent to an activating group) is 1. The van der Waals surface area contributed by atoms with Gasteiger partial charge in [0, 0.05) is 25.2 Å². The van der Waals surface area contributed by atoms with Gasteiger partial charge in [-0.25, -0.2) is 0 Å². The molecule has 0 amide bonds. The minimum absolute atomic E-state index is 0.503. The first-order valence-electron chi connectivity index (χ1n) is 4.72. The monoisotopic (exact) mass is 176 g/mol. The first kappa shape index (κ1) is 8.57. The molecule has 0 spiro atoms. The van der Waals surface area contributed by atoms with Crippen LogP contribution in [0.4, 0.5) is 0 Å². The maximum Gasteiger partial charge on any atom is 0.0571 e. The molecule has 2 aliphatic rings. The second-order valence-corrected chi connectivity index (χ2v) is 3.77. The van der Waals surface area contributed by atoms with Gasteiger partial charge in [0.05, 0.1) is 6.04 Å². The van der Waals surface area contributed by atoms with Crippen molar-refractivity contribution >= 4 is 0 Å². The molecule has 2 unspecified atom stereocenters. The van der Waals surface area contributed by atoms with Crippen molar-refractivity contribution in [2.45, 2.75) is 13.0 Å². The predicted octanol–water partition coefficient (Wildman–Crippen LogP) is 1.28. The van der Waals surface area contributed by atoms with Gasteiger partial charge in [-0.1, -0.05) is 24.3 Å². The normalized spacial score (nSPS) is 31.5. The summed E-state index contributed by atoms with van der Waals surface area (Å²) >= 11 is 0. The number of allylic oxidation sites excluding steroid dienone is 3. The summed E-state index contributed by atoms with van der Waals surface area (Å²) < 4.78 is 0. The molecule has 0 bridgehead atoms. The molecule has 0 saturated carbocycles. The lowest BCUT2D eigenvalue weighted by Gasteiger charge is -2.28. The molecular weight excluding hydrogens is 160 g/mol. The predicted molar refractivity (Wildman–Crippen MR) is 55.1 cm³/mol. The summed E-state index contributed by atoms with van der Waals surface area (Å²) in [5.41, 5.74) is 8.39. The zero-order valence-electron chi connectivity index (χ0n) is 8.20. The van der Waals surface area contributed by atoms with Crippen LogP contribution in [0.15, 0.2) is 35.6 Å². The van der Waals surface area contributed by atoms with E-state index in [1.54, 1.807) is 0 Å². The average Bonchev–Trinajstić information content (AvgIpc) is 2.43. The summed E-state index contributed by atoms with van der Waals surface area (Å²) in [7, 11) is 2.14. The molecule has 0 radical (unpaired) electrons. The molecule has 0 fully saturated rings. The zero-order chi connectivity index (χ0) is 9.42. The molecule has 0 aromatic heterocycles. The van der Waals surface area contributed by atoms with Gasteiger partial charge in [0.1, 0.15) is 0 Å². The first-order valence-corrected chi connectivity index (χ1v) is 4.72. The third-order valence-electron chi connectivity index (χ3n) is 3.07. The van der Waals surface area contributed by atoms with Crippen molar-refractivity contribution in [3.8, 4) is 0 Å². The summed E-state index contributed by atoms with van der Waals surface area (Å²) in [4.78, 5) is 2.31. The van der Waals surface area contributed by atoms with Crippen molar-refractivity contribution < 1.29 is 0 Å². The van der Waals surface area contributed by atoms with E-state index in [1.165, 1.54) is 11.3 Å². The SMILES string of the molecule is CC1=CC2C(CN)=CC=CC2N1C. The number of fused-ring (bicyclic) bond motifs is 1. The fourth-order valence-electron chi connectivity index (χ4n) is 2.14. The van der Waals surface area contributed by atoms with Crippen LogP contribution in [0.5, 0.6) is 0 Å². The van der Waals surface area contributed by atoms with Gasteiger partial charge in [-0.2, -0.15) is 0 Å². The lowest BCUT2D eigenvalue weighted by molar-refractivity contribution is 0.350. The van der Waals surface area contributed by atoms with Crippen molar-refractivity contribution in [3.05, 3.63) is 35.6 Å². The van der Waals surface area contributed by atoms with E-state index >= 15 is 0 Å². The van der Waals surface area contributed by atoms with Gasteiger partial charge >= 0.3 is 0 Å². The second kappa shape index (κ2) is 3.04. The highest BCUT2D eigenvalue weighted by molar-refractivity contribution is 5.35. The van der Waals surface area contributed by atoms with E-state index < -0.39 is 0 Å².